The number of nitrogens with zero attached hydrogens (tertiary/aromatic N) is 3. The number of aliphatic hydroxyl groups excluding tert-OH is 1. The summed E-state index contributed by atoms with van der Waals surface area (Å²) in [5.74, 6) is -2.46. The Kier molecular flexibility index (Phi) is 7.83. The highest BCUT2D eigenvalue weighted by Crippen LogP contribution is 2.65. The van der Waals surface area contributed by atoms with E-state index in [0.717, 1.165) is 24.5 Å². The molecule has 1 aromatic rings. The second-order valence-electron chi connectivity index (χ2n) is 11.6. The molecule has 4 heterocycles. The number of likely N-dealkylation sites (tertiary alicyclic amines) is 1. The minimum atomic E-state index is -0.973. The quantitative estimate of drug-likeness (QED) is 0.397. The lowest BCUT2D eigenvalue weighted by Crippen LogP contribution is -2.58. The topological polar surface area (TPSA) is 90.4 Å². The molecule has 8 nitrogen and oxygen atoms in total. The van der Waals surface area contributed by atoms with E-state index in [1.54, 1.807) is 9.80 Å². The van der Waals surface area contributed by atoms with E-state index < -0.39 is 39.4 Å². The van der Waals surface area contributed by atoms with Gasteiger partial charge in [0.05, 0.1) is 35.8 Å². The van der Waals surface area contributed by atoms with Gasteiger partial charge in [-0.15, -0.1) is 11.8 Å². The highest BCUT2D eigenvalue weighted by Gasteiger charge is 2.74. The van der Waals surface area contributed by atoms with E-state index in [-0.39, 0.29) is 30.9 Å². The fraction of sp³-hybridized carbons (Fsp3) is 0.581. The molecule has 2 fully saturated rings. The summed E-state index contributed by atoms with van der Waals surface area (Å²) in [6, 6.07) is 6.53. The number of rotatable bonds is 7. The number of thioether (sulfide) groups is 1. The third-order valence-electron chi connectivity index (χ3n) is 9.06. The molecule has 2 saturated heterocycles. The summed E-state index contributed by atoms with van der Waals surface area (Å²) < 4.78 is 3.93. The van der Waals surface area contributed by atoms with Crippen LogP contribution in [-0.2, 0) is 19.1 Å². The predicted octanol–water partition coefficient (Wildman–Crippen LogP) is 3.64. The monoisotopic (exact) mass is 567 g/mol. The van der Waals surface area contributed by atoms with Crippen molar-refractivity contribution >= 4 is 40.9 Å². The number of esters is 1. The number of fused-ring (bicyclic) bond motifs is 2. The van der Waals surface area contributed by atoms with Gasteiger partial charge in [0.1, 0.15) is 6.04 Å². The Morgan fingerprint density at radius 1 is 1.05 bits per heavy atom. The van der Waals surface area contributed by atoms with Gasteiger partial charge in [0.15, 0.2) is 0 Å². The fourth-order valence-electron chi connectivity index (χ4n) is 7.07. The zero-order valence-corrected chi connectivity index (χ0v) is 24.9. The summed E-state index contributed by atoms with van der Waals surface area (Å²) in [5, 5.41) is 10.5. The van der Waals surface area contributed by atoms with Gasteiger partial charge < -0.3 is 24.5 Å². The van der Waals surface area contributed by atoms with Gasteiger partial charge in [0.25, 0.3) is 5.91 Å². The molecule has 0 bridgehead atoms. The van der Waals surface area contributed by atoms with Gasteiger partial charge in [-0.3, -0.25) is 14.4 Å². The van der Waals surface area contributed by atoms with Gasteiger partial charge in [0.2, 0.25) is 5.91 Å². The van der Waals surface area contributed by atoms with Gasteiger partial charge >= 0.3 is 5.97 Å². The summed E-state index contributed by atoms with van der Waals surface area (Å²) in [5.41, 5.74) is 1.84. The second-order valence-corrected chi connectivity index (χ2v) is 13.4. The zero-order valence-electron chi connectivity index (χ0n) is 24.1. The molecule has 6 atom stereocenters. The van der Waals surface area contributed by atoms with Crippen molar-refractivity contribution in [1.82, 2.24) is 4.90 Å². The van der Waals surface area contributed by atoms with Gasteiger partial charge in [-0.25, -0.2) is 0 Å². The average molecular weight is 568 g/mol. The second kappa shape index (κ2) is 10.9. The van der Waals surface area contributed by atoms with E-state index >= 15 is 0 Å². The molecule has 9 heteroatoms. The van der Waals surface area contributed by atoms with Crippen LogP contribution in [0.5, 0.6) is 0 Å². The summed E-state index contributed by atoms with van der Waals surface area (Å²) in [4.78, 5) is 48.2. The van der Waals surface area contributed by atoms with Crippen LogP contribution in [0.1, 0.15) is 41.0 Å². The van der Waals surface area contributed by atoms with Gasteiger partial charge in [-0.2, -0.15) is 0 Å². The molecule has 1 aromatic carbocycles. The molecule has 0 radical (unpaired) electrons. The molecule has 0 aliphatic carbocycles. The Labute approximate surface area is 241 Å². The average Bonchev–Trinajstić information content (AvgIpc) is 3.24. The van der Waals surface area contributed by atoms with E-state index in [1.807, 2.05) is 69.3 Å². The molecule has 4 aliphatic rings. The van der Waals surface area contributed by atoms with Crippen LogP contribution in [0.15, 0.2) is 48.6 Å². The van der Waals surface area contributed by atoms with E-state index in [0.29, 0.717) is 13.0 Å². The molecule has 1 spiro atoms. The van der Waals surface area contributed by atoms with Crippen LogP contribution in [0.25, 0.3) is 0 Å². The van der Waals surface area contributed by atoms with Crippen LogP contribution >= 0.6 is 11.8 Å². The third kappa shape index (κ3) is 4.36. The van der Waals surface area contributed by atoms with E-state index in [1.165, 1.54) is 11.8 Å². The number of anilines is 2. The van der Waals surface area contributed by atoms with Crippen LogP contribution in [-0.4, -0.2) is 82.2 Å². The molecule has 1 unspecified atom stereocenters. The van der Waals surface area contributed by atoms with Crippen molar-refractivity contribution in [2.75, 3.05) is 42.6 Å². The lowest BCUT2D eigenvalue weighted by Gasteiger charge is -2.41. The van der Waals surface area contributed by atoms with Crippen molar-refractivity contribution in [3.05, 3.63) is 48.6 Å². The Balaban J connectivity index is 1.62. The molecule has 1 N–H and O–H groups in total. The molecule has 216 valence electrons. The molecular weight excluding hydrogens is 526 g/mol. The van der Waals surface area contributed by atoms with E-state index in [9.17, 15) is 19.5 Å². The maximum absolute atomic E-state index is 14.7. The Morgan fingerprint density at radius 2 is 1.75 bits per heavy atom. The largest absolute Gasteiger partial charge is 0.465 e. The van der Waals surface area contributed by atoms with E-state index in [2.05, 4.69) is 18.7 Å². The molecule has 40 heavy (non-hydrogen) atoms. The molecule has 4 aliphatic heterocycles. The lowest BCUT2D eigenvalue weighted by molar-refractivity contribution is -0.154. The van der Waals surface area contributed by atoms with Crippen LogP contribution in [0.2, 0.25) is 0 Å². The van der Waals surface area contributed by atoms with Crippen LogP contribution in [0.3, 0.4) is 0 Å². The minimum Gasteiger partial charge on any atom is -0.465 e. The number of amides is 2. The third-order valence-corrected chi connectivity index (χ3v) is 10.9. The number of benzene rings is 1. The summed E-state index contributed by atoms with van der Waals surface area (Å²) >= 11 is 1.53. The van der Waals surface area contributed by atoms with Crippen molar-refractivity contribution in [3.8, 4) is 0 Å². The van der Waals surface area contributed by atoms with Crippen LogP contribution in [0, 0.1) is 17.8 Å². The van der Waals surface area contributed by atoms with Gasteiger partial charge in [0, 0.05) is 35.8 Å². The fourth-order valence-corrected chi connectivity index (χ4v) is 9.21. The number of hydrogen-bond donors (Lipinski definition) is 1. The van der Waals surface area contributed by atoms with Crippen molar-refractivity contribution in [2.24, 2.45) is 17.8 Å². The first kappa shape index (κ1) is 28.7. The Morgan fingerprint density at radius 3 is 2.38 bits per heavy atom. The smallest absolute Gasteiger partial charge is 0.311 e. The number of hydrogen-bond acceptors (Lipinski definition) is 7. The number of aliphatic hydroxyl groups is 1. The predicted molar refractivity (Wildman–Crippen MR) is 158 cm³/mol. The zero-order chi connectivity index (χ0) is 28.8. The number of carbonyl (C=O) groups is 3. The standard InChI is InChI=1S/C31H41N3O5S/c1-6-32(7-2)21-11-13-22(14-12-21)33-17-10-16-31-24(25-29(38)39-18-9-8-15-30(25,5)40-31)27(36)34(26(31)28(33)37)23(19-35)20(3)4/h8,10-16,20,23-26,35H,6-7,9,17-19H2,1-5H3/t23-,24-,25-,26?,30+,31-/m0/s1. The Bertz CT molecular complexity index is 1210. The van der Waals surface area contributed by atoms with Crippen LogP contribution < -0.4 is 9.80 Å². The van der Waals surface area contributed by atoms with Crippen molar-refractivity contribution in [2.45, 2.75) is 62.6 Å². The maximum atomic E-state index is 14.7. The first-order valence-corrected chi connectivity index (χ1v) is 15.3. The first-order chi connectivity index (χ1) is 19.1. The lowest BCUT2D eigenvalue weighted by atomic mass is 9.74. The van der Waals surface area contributed by atoms with E-state index in [4.69, 9.17) is 4.74 Å². The SMILES string of the molecule is CCN(CC)c1ccc(N2CC=C[C@]34S[C@]5(C)C=CCCOC(=O)[C@@H]5[C@H]3C(=O)N([C@@H](CO)C(C)C)C4C2=O)cc1. The number of ether oxygens (including phenoxy) is 1. The van der Waals surface area contributed by atoms with Crippen molar-refractivity contribution in [3.63, 3.8) is 0 Å². The normalized spacial score (nSPS) is 32.3. The molecule has 0 aromatic heterocycles. The first-order valence-electron chi connectivity index (χ1n) is 14.4. The summed E-state index contributed by atoms with van der Waals surface area (Å²) in [6.07, 6.45) is 8.62. The van der Waals surface area contributed by atoms with Gasteiger partial charge in [-0.05, 0) is 57.4 Å². The van der Waals surface area contributed by atoms with Gasteiger partial charge in [-0.1, -0.05) is 38.2 Å². The highest BCUT2D eigenvalue weighted by molar-refractivity contribution is 8.02. The number of cyclic esters (lactones) is 1. The maximum Gasteiger partial charge on any atom is 0.311 e. The van der Waals surface area contributed by atoms with Crippen LogP contribution in [0.4, 0.5) is 11.4 Å². The molecule has 0 saturated carbocycles. The van der Waals surface area contributed by atoms with Crippen molar-refractivity contribution in [1.29, 1.82) is 0 Å². The molecule has 2 amide bonds. The Hall–Kier alpha value is -2.78. The number of carbonyl (C=O) groups excluding carboxylic acids is 3. The highest BCUT2D eigenvalue weighted by atomic mass is 32.2. The molecule has 5 rings (SSSR count). The molecular formula is C31H41N3O5S. The minimum absolute atomic E-state index is 0.0905. The summed E-state index contributed by atoms with van der Waals surface area (Å²) in [6.45, 7) is 12.2. The van der Waals surface area contributed by atoms with Crippen molar-refractivity contribution < 1.29 is 24.2 Å². The summed E-state index contributed by atoms with van der Waals surface area (Å²) in [7, 11) is 0.